The van der Waals surface area contributed by atoms with Gasteiger partial charge < -0.3 is 15.6 Å². The molecule has 0 aliphatic carbocycles. The molecule has 6 nitrogen and oxygen atoms in total. The highest BCUT2D eigenvalue weighted by Gasteiger charge is 2.12. The van der Waals surface area contributed by atoms with E-state index in [4.69, 9.17) is 21.4 Å². The predicted molar refractivity (Wildman–Crippen MR) is 70.4 cm³/mol. The Labute approximate surface area is 111 Å². The Morgan fingerprint density at radius 1 is 1.53 bits per heavy atom. The monoisotopic (exact) mass is 261 g/mol. The molecule has 0 atom stereocenters. The van der Waals surface area contributed by atoms with E-state index in [-0.39, 0.29) is 5.88 Å². The van der Waals surface area contributed by atoms with Crippen LogP contribution in [-0.2, 0) is 4.79 Å². The van der Waals surface area contributed by atoms with Gasteiger partial charge in [0.1, 0.15) is 5.75 Å². The third kappa shape index (κ3) is 4.26. The van der Waals surface area contributed by atoms with E-state index in [1.54, 1.807) is 18.2 Å². The molecule has 1 rings (SSSR count). The molecule has 6 N–H and O–H groups in total. The first kappa shape index (κ1) is 14.4. The average Bonchev–Trinajstić information content (AvgIpc) is 2.42. The average molecular weight is 261 g/mol. The summed E-state index contributed by atoms with van der Waals surface area (Å²) in [7, 11) is 0. The van der Waals surface area contributed by atoms with Crippen LogP contribution in [0, 0.1) is 11.8 Å². The van der Waals surface area contributed by atoms with E-state index in [0.29, 0.717) is 5.75 Å². The molecule has 19 heavy (non-hydrogen) atoms. The lowest BCUT2D eigenvalue weighted by molar-refractivity contribution is -0.132. The first-order valence-electron chi connectivity index (χ1n) is 5.55. The highest BCUT2D eigenvalue weighted by molar-refractivity contribution is 5.85. The van der Waals surface area contributed by atoms with Gasteiger partial charge in [0.2, 0.25) is 5.88 Å². The zero-order valence-corrected chi connectivity index (χ0v) is 10.4. The number of rotatable bonds is 4. The van der Waals surface area contributed by atoms with Crippen LogP contribution in [-0.4, -0.2) is 11.1 Å². The van der Waals surface area contributed by atoms with E-state index in [9.17, 15) is 4.79 Å². The van der Waals surface area contributed by atoms with Crippen LogP contribution in [0.2, 0.25) is 0 Å². The highest BCUT2D eigenvalue weighted by Crippen LogP contribution is 2.15. The third-order valence-electron chi connectivity index (χ3n) is 2.07. The highest BCUT2D eigenvalue weighted by atomic mass is 16.5. The van der Waals surface area contributed by atoms with Crippen molar-refractivity contribution in [2.75, 3.05) is 0 Å². The van der Waals surface area contributed by atoms with Gasteiger partial charge in [-0.1, -0.05) is 24.8 Å². The van der Waals surface area contributed by atoms with Crippen molar-refractivity contribution in [2.45, 2.75) is 13.3 Å². The number of hydrazine groups is 1. The Morgan fingerprint density at radius 2 is 2.26 bits per heavy atom. The minimum absolute atomic E-state index is 0.229. The molecular formula is C13H15N3O3. The number of carboxylic acids is 1. The summed E-state index contributed by atoms with van der Waals surface area (Å²) in [5, 5.41) is 8.75. The summed E-state index contributed by atoms with van der Waals surface area (Å²) in [6.45, 7) is 1.94. The zero-order chi connectivity index (χ0) is 14.3. The number of hydrogen-bond donors (Lipinski definition) is 4. The van der Waals surface area contributed by atoms with Gasteiger partial charge in [-0.2, -0.15) is 0 Å². The van der Waals surface area contributed by atoms with Crippen molar-refractivity contribution in [3.8, 4) is 17.6 Å². The van der Waals surface area contributed by atoms with Crippen LogP contribution in [0.15, 0.2) is 35.8 Å². The molecule has 0 amide bonds. The first-order chi connectivity index (χ1) is 9.08. The van der Waals surface area contributed by atoms with E-state index in [1.165, 1.54) is 0 Å². The van der Waals surface area contributed by atoms with Crippen LogP contribution in [0.5, 0.6) is 5.75 Å². The normalized spacial score (nSPS) is 10.8. The summed E-state index contributed by atoms with van der Waals surface area (Å²) >= 11 is 0. The number of carboxylic acid groups (broad SMARTS) is 1. The fourth-order valence-corrected chi connectivity index (χ4v) is 1.20. The predicted octanol–water partition coefficient (Wildman–Crippen LogP) is 0.503. The Hall–Kier alpha value is -2.65. The van der Waals surface area contributed by atoms with Gasteiger partial charge in [0, 0.05) is 12.0 Å². The lowest BCUT2D eigenvalue weighted by Gasteiger charge is -2.10. The van der Waals surface area contributed by atoms with Gasteiger partial charge in [0.15, 0.2) is 5.70 Å². The number of nitrogens with two attached hydrogens (primary N) is 2. The maximum absolute atomic E-state index is 10.7. The van der Waals surface area contributed by atoms with Crippen LogP contribution in [0.25, 0.3) is 0 Å². The molecule has 0 radical (unpaired) electrons. The molecule has 0 heterocycles. The summed E-state index contributed by atoms with van der Waals surface area (Å²) in [4.78, 5) is 10.7. The Bertz CT molecular complexity index is 556. The summed E-state index contributed by atoms with van der Waals surface area (Å²) in [5.41, 5.74) is 7.68. The van der Waals surface area contributed by atoms with Crippen LogP contribution in [0.1, 0.15) is 18.9 Å². The topological polar surface area (TPSA) is 111 Å². The van der Waals surface area contributed by atoms with Crippen molar-refractivity contribution in [3.63, 3.8) is 0 Å². The SMILES string of the molecule is CCC#Cc1cccc(O/C(NN)=C(/N)C(=O)O)c1. The van der Waals surface area contributed by atoms with Crippen LogP contribution in [0.4, 0.5) is 0 Å². The number of nitrogens with one attached hydrogen (secondary N) is 1. The van der Waals surface area contributed by atoms with Gasteiger partial charge in [-0.25, -0.2) is 10.6 Å². The van der Waals surface area contributed by atoms with Gasteiger partial charge >= 0.3 is 5.97 Å². The number of ether oxygens (including phenoxy) is 1. The van der Waals surface area contributed by atoms with Crippen molar-refractivity contribution < 1.29 is 14.6 Å². The van der Waals surface area contributed by atoms with E-state index < -0.39 is 11.7 Å². The Balaban J connectivity index is 2.99. The van der Waals surface area contributed by atoms with Crippen LogP contribution >= 0.6 is 0 Å². The summed E-state index contributed by atoms with van der Waals surface area (Å²) < 4.78 is 5.28. The van der Waals surface area contributed by atoms with Gasteiger partial charge in [-0.05, 0) is 18.2 Å². The second kappa shape index (κ2) is 6.93. The largest absolute Gasteiger partial charge is 0.476 e. The van der Waals surface area contributed by atoms with Crippen molar-refractivity contribution in [3.05, 3.63) is 41.4 Å². The van der Waals surface area contributed by atoms with E-state index in [2.05, 4.69) is 17.3 Å². The summed E-state index contributed by atoms with van der Waals surface area (Å²) in [5.74, 6) is 9.87. The molecule has 0 saturated carbocycles. The smallest absolute Gasteiger partial charge is 0.357 e. The molecular weight excluding hydrogens is 246 g/mol. The Kier molecular flexibility index (Phi) is 5.26. The molecule has 0 saturated heterocycles. The quantitative estimate of drug-likeness (QED) is 0.206. The molecule has 1 aromatic carbocycles. The number of hydrogen-bond acceptors (Lipinski definition) is 5. The molecule has 0 aromatic heterocycles. The van der Waals surface area contributed by atoms with Crippen molar-refractivity contribution >= 4 is 5.97 Å². The molecule has 6 heteroatoms. The van der Waals surface area contributed by atoms with Crippen molar-refractivity contribution in [2.24, 2.45) is 11.6 Å². The maximum Gasteiger partial charge on any atom is 0.357 e. The number of benzene rings is 1. The summed E-state index contributed by atoms with van der Waals surface area (Å²) in [6, 6.07) is 6.86. The molecule has 0 fully saturated rings. The molecule has 0 bridgehead atoms. The number of aliphatic carboxylic acids is 1. The lowest BCUT2D eigenvalue weighted by atomic mass is 10.2. The first-order valence-corrected chi connectivity index (χ1v) is 5.55. The number of carbonyl (C=O) groups is 1. The molecule has 0 spiro atoms. The molecule has 100 valence electrons. The summed E-state index contributed by atoms with van der Waals surface area (Å²) in [6.07, 6.45) is 0.743. The van der Waals surface area contributed by atoms with E-state index in [1.807, 2.05) is 13.0 Å². The second-order valence-electron chi connectivity index (χ2n) is 3.48. The molecule has 1 aromatic rings. The van der Waals surface area contributed by atoms with Gasteiger partial charge in [-0.3, -0.25) is 5.43 Å². The maximum atomic E-state index is 10.7. The van der Waals surface area contributed by atoms with Gasteiger partial charge in [-0.15, -0.1) is 0 Å². The van der Waals surface area contributed by atoms with E-state index >= 15 is 0 Å². The van der Waals surface area contributed by atoms with Gasteiger partial charge in [0.25, 0.3) is 0 Å². The van der Waals surface area contributed by atoms with Crippen LogP contribution < -0.4 is 21.7 Å². The second-order valence-corrected chi connectivity index (χ2v) is 3.48. The van der Waals surface area contributed by atoms with Crippen molar-refractivity contribution in [1.82, 2.24) is 5.43 Å². The zero-order valence-electron chi connectivity index (χ0n) is 10.4. The van der Waals surface area contributed by atoms with Crippen molar-refractivity contribution in [1.29, 1.82) is 0 Å². The third-order valence-corrected chi connectivity index (χ3v) is 2.07. The molecule has 0 aliphatic heterocycles. The molecule has 0 unspecified atom stereocenters. The lowest BCUT2D eigenvalue weighted by Crippen LogP contribution is -2.31. The van der Waals surface area contributed by atoms with Gasteiger partial charge in [0.05, 0.1) is 0 Å². The fourth-order valence-electron chi connectivity index (χ4n) is 1.20. The van der Waals surface area contributed by atoms with Crippen LogP contribution in [0.3, 0.4) is 0 Å². The Morgan fingerprint density at radius 3 is 2.84 bits per heavy atom. The molecule has 0 aliphatic rings. The standard InChI is InChI=1S/C13H15N3O3/c1-2-3-5-9-6-4-7-10(8-9)19-12(16-15)11(14)13(17)18/h4,6-8,16H,2,14-15H2,1H3,(H,17,18)/b12-11+. The fraction of sp³-hybridized carbons (Fsp3) is 0.154. The van der Waals surface area contributed by atoms with E-state index in [0.717, 1.165) is 12.0 Å². The minimum Gasteiger partial charge on any atom is -0.476 e. The minimum atomic E-state index is -1.32.